The molecular weight excluding hydrogens is 378 g/mol. The van der Waals surface area contributed by atoms with Gasteiger partial charge in [0.15, 0.2) is 11.5 Å². The fourth-order valence-electron chi connectivity index (χ4n) is 3.74. The standard InChI is InChI=1S/C22H21N7O/c30-22(18-8-4-11-23-16-18)28-13-5-12-27(14-15-28)20-10-9-19-24-25-21(29(19)26-20)17-6-2-1-3-7-17/h1-4,6-11,16H,5,12-15H2. The number of hydrogen-bond donors (Lipinski definition) is 0. The molecule has 0 atom stereocenters. The number of anilines is 1. The van der Waals surface area contributed by atoms with Crippen LogP contribution >= 0.6 is 0 Å². The molecule has 1 amide bonds. The fraction of sp³-hybridized carbons (Fsp3) is 0.227. The lowest BCUT2D eigenvalue weighted by Crippen LogP contribution is -2.35. The van der Waals surface area contributed by atoms with Gasteiger partial charge in [-0.1, -0.05) is 30.3 Å². The van der Waals surface area contributed by atoms with Crippen molar-refractivity contribution in [1.82, 2.24) is 29.7 Å². The van der Waals surface area contributed by atoms with Crippen LogP contribution in [0.5, 0.6) is 0 Å². The van der Waals surface area contributed by atoms with Gasteiger partial charge in [-0.05, 0) is 30.7 Å². The lowest BCUT2D eigenvalue weighted by Gasteiger charge is -2.22. The molecule has 0 spiro atoms. The highest BCUT2D eigenvalue weighted by atomic mass is 16.2. The summed E-state index contributed by atoms with van der Waals surface area (Å²) in [6.45, 7) is 2.90. The largest absolute Gasteiger partial charge is 0.353 e. The zero-order valence-electron chi connectivity index (χ0n) is 16.4. The Kier molecular flexibility index (Phi) is 4.80. The van der Waals surface area contributed by atoms with Crippen molar-refractivity contribution in [2.24, 2.45) is 0 Å². The van der Waals surface area contributed by atoms with Gasteiger partial charge < -0.3 is 9.80 Å². The highest BCUT2D eigenvalue weighted by Crippen LogP contribution is 2.20. The molecule has 8 nitrogen and oxygen atoms in total. The molecule has 1 aliphatic heterocycles. The van der Waals surface area contributed by atoms with Crippen LogP contribution in [-0.2, 0) is 0 Å². The Hall–Kier alpha value is -3.81. The summed E-state index contributed by atoms with van der Waals surface area (Å²) in [6.07, 6.45) is 4.18. The van der Waals surface area contributed by atoms with Gasteiger partial charge in [0.1, 0.15) is 5.82 Å². The minimum atomic E-state index is 0.0264. The van der Waals surface area contributed by atoms with Crippen LogP contribution in [0.15, 0.2) is 67.0 Å². The second kappa shape index (κ2) is 7.90. The van der Waals surface area contributed by atoms with E-state index in [1.54, 1.807) is 23.0 Å². The van der Waals surface area contributed by atoms with Gasteiger partial charge in [-0.15, -0.1) is 15.3 Å². The van der Waals surface area contributed by atoms with Crippen LogP contribution in [0, 0.1) is 0 Å². The molecule has 1 aromatic carbocycles. The number of nitrogens with zero attached hydrogens (tertiary/aromatic N) is 7. The molecule has 1 fully saturated rings. The summed E-state index contributed by atoms with van der Waals surface area (Å²) in [5.41, 5.74) is 2.31. The maximum absolute atomic E-state index is 12.8. The average Bonchev–Trinajstić information content (AvgIpc) is 3.08. The Balaban J connectivity index is 1.38. The molecule has 3 aromatic heterocycles. The predicted octanol–water partition coefficient (Wildman–Crippen LogP) is 2.54. The predicted molar refractivity (Wildman–Crippen MR) is 113 cm³/mol. The van der Waals surface area contributed by atoms with E-state index in [0.29, 0.717) is 30.8 Å². The molecule has 8 heteroatoms. The minimum Gasteiger partial charge on any atom is -0.353 e. The quantitative estimate of drug-likeness (QED) is 0.527. The van der Waals surface area contributed by atoms with Gasteiger partial charge in [-0.25, -0.2) is 0 Å². The molecule has 5 rings (SSSR count). The van der Waals surface area contributed by atoms with Crippen molar-refractivity contribution < 1.29 is 4.79 Å². The summed E-state index contributed by atoms with van der Waals surface area (Å²) in [5, 5.41) is 13.4. The summed E-state index contributed by atoms with van der Waals surface area (Å²) in [5.74, 6) is 1.60. The zero-order chi connectivity index (χ0) is 20.3. The van der Waals surface area contributed by atoms with Crippen LogP contribution < -0.4 is 4.90 Å². The zero-order valence-corrected chi connectivity index (χ0v) is 16.4. The number of rotatable bonds is 3. The smallest absolute Gasteiger partial charge is 0.255 e. The first-order valence-corrected chi connectivity index (χ1v) is 10.0. The highest BCUT2D eigenvalue weighted by Gasteiger charge is 2.22. The number of pyridine rings is 1. The molecule has 0 aliphatic carbocycles. The molecule has 0 N–H and O–H groups in total. The topological polar surface area (TPSA) is 79.5 Å². The number of carbonyl (C=O) groups excluding carboxylic acids is 1. The lowest BCUT2D eigenvalue weighted by atomic mass is 10.2. The Morgan fingerprint density at radius 1 is 0.867 bits per heavy atom. The van der Waals surface area contributed by atoms with Crippen LogP contribution in [0.2, 0.25) is 0 Å². The molecule has 4 heterocycles. The van der Waals surface area contributed by atoms with E-state index in [1.165, 1.54) is 0 Å². The van der Waals surface area contributed by atoms with Crippen molar-refractivity contribution in [2.45, 2.75) is 6.42 Å². The lowest BCUT2D eigenvalue weighted by molar-refractivity contribution is 0.0766. The number of aromatic nitrogens is 5. The van der Waals surface area contributed by atoms with Gasteiger partial charge in [0.05, 0.1) is 5.56 Å². The number of amides is 1. The summed E-state index contributed by atoms with van der Waals surface area (Å²) in [4.78, 5) is 20.9. The van der Waals surface area contributed by atoms with E-state index >= 15 is 0 Å². The summed E-state index contributed by atoms with van der Waals surface area (Å²) in [6, 6.07) is 17.4. The van der Waals surface area contributed by atoms with Gasteiger partial charge in [-0.2, -0.15) is 4.52 Å². The third-order valence-electron chi connectivity index (χ3n) is 5.30. The van der Waals surface area contributed by atoms with E-state index in [-0.39, 0.29) is 5.91 Å². The molecular formula is C22H21N7O. The van der Waals surface area contributed by atoms with Crippen molar-refractivity contribution in [3.63, 3.8) is 0 Å². The van der Waals surface area contributed by atoms with Crippen molar-refractivity contribution in [3.8, 4) is 11.4 Å². The first-order valence-electron chi connectivity index (χ1n) is 10.0. The van der Waals surface area contributed by atoms with Crippen molar-refractivity contribution in [3.05, 3.63) is 72.6 Å². The number of fused-ring (bicyclic) bond motifs is 1. The monoisotopic (exact) mass is 399 g/mol. The molecule has 150 valence electrons. The summed E-state index contributed by atoms with van der Waals surface area (Å²) < 4.78 is 1.79. The second-order valence-electron chi connectivity index (χ2n) is 7.23. The Bertz CT molecular complexity index is 1160. The van der Waals surface area contributed by atoms with E-state index in [1.807, 2.05) is 53.4 Å². The second-order valence-corrected chi connectivity index (χ2v) is 7.23. The highest BCUT2D eigenvalue weighted by molar-refractivity contribution is 5.93. The van der Waals surface area contributed by atoms with Crippen molar-refractivity contribution in [2.75, 3.05) is 31.1 Å². The number of carbonyl (C=O) groups is 1. The maximum Gasteiger partial charge on any atom is 0.255 e. The summed E-state index contributed by atoms with van der Waals surface area (Å²) >= 11 is 0. The van der Waals surface area contributed by atoms with Gasteiger partial charge in [-0.3, -0.25) is 9.78 Å². The molecule has 1 aliphatic rings. The van der Waals surface area contributed by atoms with Gasteiger partial charge in [0.25, 0.3) is 5.91 Å². The van der Waals surface area contributed by atoms with Crippen LogP contribution in [0.3, 0.4) is 0 Å². The minimum absolute atomic E-state index is 0.0264. The van der Waals surface area contributed by atoms with E-state index in [0.717, 1.165) is 30.2 Å². The summed E-state index contributed by atoms with van der Waals surface area (Å²) in [7, 11) is 0. The van der Waals surface area contributed by atoms with E-state index in [2.05, 4.69) is 20.1 Å². The van der Waals surface area contributed by atoms with Gasteiger partial charge in [0, 0.05) is 44.1 Å². The molecule has 0 radical (unpaired) electrons. The van der Waals surface area contributed by atoms with E-state index < -0.39 is 0 Å². The Morgan fingerprint density at radius 3 is 2.60 bits per heavy atom. The van der Waals surface area contributed by atoms with Gasteiger partial charge in [0.2, 0.25) is 0 Å². The maximum atomic E-state index is 12.8. The van der Waals surface area contributed by atoms with Gasteiger partial charge >= 0.3 is 0 Å². The van der Waals surface area contributed by atoms with Crippen molar-refractivity contribution >= 4 is 17.4 Å². The van der Waals surface area contributed by atoms with Crippen LogP contribution in [-0.4, -0.2) is 61.8 Å². The fourth-order valence-corrected chi connectivity index (χ4v) is 3.74. The molecule has 0 unspecified atom stereocenters. The van der Waals surface area contributed by atoms with Crippen LogP contribution in [0.25, 0.3) is 17.0 Å². The molecule has 1 saturated heterocycles. The first kappa shape index (κ1) is 18.2. The third kappa shape index (κ3) is 3.47. The Labute approximate surface area is 173 Å². The van der Waals surface area contributed by atoms with Crippen molar-refractivity contribution in [1.29, 1.82) is 0 Å². The normalized spacial score (nSPS) is 14.7. The van der Waals surface area contributed by atoms with Crippen LogP contribution in [0.1, 0.15) is 16.8 Å². The van der Waals surface area contributed by atoms with E-state index in [9.17, 15) is 4.79 Å². The molecule has 30 heavy (non-hydrogen) atoms. The first-order chi connectivity index (χ1) is 14.8. The molecule has 0 saturated carbocycles. The number of hydrogen-bond acceptors (Lipinski definition) is 6. The molecule has 4 aromatic rings. The van der Waals surface area contributed by atoms with Crippen LogP contribution in [0.4, 0.5) is 5.82 Å². The van der Waals surface area contributed by atoms with E-state index in [4.69, 9.17) is 5.10 Å². The SMILES string of the molecule is O=C(c1cccnc1)N1CCCN(c2ccc3nnc(-c4ccccc4)n3n2)CC1. The Morgan fingerprint density at radius 2 is 1.77 bits per heavy atom. The third-order valence-corrected chi connectivity index (χ3v) is 5.30. The molecule has 0 bridgehead atoms. The number of benzene rings is 1. The average molecular weight is 399 g/mol.